The Balaban J connectivity index is 0.990. The zero-order valence-electron chi connectivity index (χ0n) is 43.2. The van der Waals surface area contributed by atoms with E-state index in [0.29, 0.717) is 0 Å². The predicted molar refractivity (Wildman–Crippen MR) is 330 cm³/mol. The van der Waals surface area contributed by atoms with Gasteiger partial charge in [-0.1, -0.05) is 200 Å². The van der Waals surface area contributed by atoms with Gasteiger partial charge in [0.1, 0.15) is 0 Å². The normalized spacial score (nSPS) is 12.8. The summed E-state index contributed by atoms with van der Waals surface area (Å²) in [5, 5.41) is 5.11. The monoisotopic (exact) mass is 1010 g/mol. The van der Waals surface area contributed by atoms with Crippen LogP contribution in [0, 0.1) is 13.8 Å². The lowest BCUT2D eigenvalue weighted by Crippen LogP contribution is -2.26. The van der Waals surface area contributed by atoms with Gasteiger partial charge in [0.05, 0.1) is 26.8 Å². The first-order chi connectivity index (χ1) is 38.5. The molecule has 1 spiro atoms. The number of aryl methyl sites for hydroxylation is 2. The van der Waals surface area contributed by atoms with Gasteiger partial charge in [-0.15, -0.1) is 11.3 Å². The third-order valence-corrected chi connectivity index (χ3v) is 18.3. The highest BCUT2D eigenvalue weighted by Crippen LogP contribution is 2.66. The van der Waals surface area contributed by atoms with E-state index in [9.17, 15) is 0 Å². The van der Waals surface area contributed by atoms with Crippen molar-refractivity contribution in [2.45, 2.75) is 19.3 Å². The van der Waals surface area contributed by atoms with Crippen molar-refractivity contribution in [3.05, 3.63) is 300 Å². The fraction of sp³-hybridized carbons (Fsp3) is 0.0400. The van der Waals surface area contributed by atoms with Crippen LogP contribution in [0.25, 0.3) is 103 Å². The number of fused-ring (bicyclic) bond motifs is 17. The van der Waals surface area contributed by atoms with Crippen LogP contribution < -0.4 is 4.90 Å². The summed E-state index contributed by atoms with van der Waals surface area (Å²) in [6, 6.07) is 100. The molecule has 12 aromatic carbocycles. The fourth-order valence-corrected chi connectivity index (χ4v) is 14.9. The maximum Gasteiger partial charge on any atom is 0.0727 e. The van der Waals surface area contributed by atoms with E-state index in [0.717, 1.165) is 17.1 Å². The second-order valence-electron chi connectivity index (χ2n) is 21.2. The van der Waals surface area contributed by atoms with Crippen molar-refractivity contribution in [3.63, 3.8) is 0 Å². The molecule has 2 nitrogen and oxygen atoms in total. The molecule has 0 saturated carbocycles. The molecule has 0 aliphatic heterocycles. The molecular weight excluding hydrogens is 961 g/mol. The van der Waals surface area contributed by atoms with Gasteiger partial charge < -0.3 is 9.47 Å². The molecule has 2 aromatic heterocycles. The first-order valence-electron chi connectivity index (χ1n) is 27.1. The number of rotatable bonds is 7. The van der Waals surface area contributed by atoms with Crippen molar-refractivity contribution in [1.29, 1.82) is 0 Å². The Hall–Kier alpha value is -9.54. The Morgan fingerprint density at radius 1 is 0.346 bits per heavy atom. The van der Waals surface area contributed by atoms with Crippen molar-refractivity contribution in [3.8, 4) is 61.3 Å². The molecule has 78 heavy (non-hydrogen) atoms. The molecular formula is C75H50N2S. The average Bonchev–Trinajstić information content (AvgIpc) is 4.42. The number of hydrogen-bond donors (Lipinski definition) is 0. The molecule has 0 amide bonds. The molecule has 14 aromatic rings. The minimum absolute atomic E-state index is 0.646. The number of hydrogen-bond acceptors (Lipinski definition) is 2. The van der Waals surface area contributed by atoms with E-state index < -0.39 is 5.41 Å². The summed E-state index contributed by atoms with van der Waals surface area (Å²) in [6.45, 7) is 4.47. The summed E-state index contributed by atoms with van der Waals surface area (Å²) in [5.74, 6) is 0. The smallest absolute Gasteiger partial charge is 0.0727 e. The highest BCUT2D eigenvalue weighted by molar-refractivity contribution is 7.26. The maximum atomic E-state index is 2.61. The van der Waals surface area contributed by atoms with Crippen molar-refractivity contribution in [2.24, 2.45) is 0 Å². The standard InChI is InChI=1S/C75H50N2S/c1-47-19-9-10-24-56(47)57-40-38-54(43-48(57)2)76(53-36-33-51(34-37-53)49-20-5-3-6-21-49)55-39-41-61-66(45-55)75(64-29-15-11-25-58(64)59-26-12-16-30-65(59)75)67-46-70(74-73(72(61)67)62-28-14-18-32-71(62)78-74)77-68-31-17-13-27-60(68)63-44-52(35-42-69(63)77)50-22-7-4-8-23-50/h3-46H,1-2H3. The molecule has 0 fully saturated rings. The summed E-state index contributed by atoms with van der Waals surface area (Å²) in [6.07, 6.45) is 0. The van der Waals surface area contributed by atoms with Crippen LogP contribution in [0.4, 0.5) is 17.1 Å². The van der Waals surface area contributed by atoms with Crippen LogP contribution in [0.15, 0.2) is 267 Å². The highest BCUT2D eigenvalue weighted by Gasteiger charge is 2.53. The van der Waals surface area contributed by atoms with Crippen LogP contribution in [0.3, 0.4) is 0 Å². The number of para-hydroxylation sites is 1. The molecule has 366 valence electrons. The fourth-order valence-electron chi connectivity index (χ4n) is 13.7. The third kappa shape index (κ3) is 6.43. The van der Waals surface area contributed by atoms with E-state index in [2.05, 4.69) is 290 Å². The number of thiophene rings is 1. The molecule has 16 rings (SSSR count). The van der Waals surface area contributed by atoms with Gasteiger partial charge in [0.15, 0.2) is 0 Å². The first kappa shape index (κ1) is 44.7. The molecule has 0 N–H and O–H groups in total. The van der Waals surface area contributed by atoms with Crippen molar-refractivity contribution >= 4 is 70.4 Å². The van der Waals surface area contributed by atoms with Crippen LogP contribution >= 0.6 is 11.3 Å². The quantitative estimate of drug-likeness (QED) is 0.154. The van der Waals surface area contributed by atoms with Gasteiger partial charge in [0, 0.05) is 43.3 Å². The van der Waals surface area contributed by atoms with Gasteiger partial charge in [-0.3, -0.25) is 0 Å². The van der Waals surface area contributed by atoms with Crippen LogP contribution in [-0.2, 0) is 5.41 Å². The van der Waals surface area contributed by atoms with Crippen LogP contribution in [0.5, 0.6) is 0 Å². The molecule has 2 heterocycles. The highest BCUT2D eigenvalue weighted by atomic mass is 32.1. The molecule has 0 atom stereocenters. The topological polar surface area (TPSA) is 8.17 Å². The van der Waals surface area contributed by atoms with E-state index in [-0.39, 0.29) is 0 Å². The first-order valence-corrected chi connectivity index (χ1v) is 27.9. The second-order valence-corrected chi connectivity index (χ2v) is 22.3. The Morgan fingerprint density at radius 2 is 0.885 bits per heavy atom. The number of nitrogens with zero attached hydrogens (tertiary/aromatic N) is 2. The Bertz CT molecular complexity index is 4710. The van der Waals surface area contributed by atoms with E-state index in [1.54, 1.807) is 0 Å². The van der Waals surface area contributed by atoms with Gasteiger partial charge in [-0.25, -0.2) is 0 Å². The van der Waals surface area contributed by atoms with Gasteiger partial charge in [-0.05, 0) is 170 Å². The molecule has 0 saturated heterocycles. The largest absolute Gasteiger partial charge is 0.310 e. The molecule has 0 bridgehead atoms. The van der Waals surface area contributed by atoms with E-state index in [1.165, 1.54) is 137 Å². The number of anilines is 3. The molecule has 2 aliphatic rings. The molecule has 0 unspecified atom stereocenters. The third-order valence-electron chi connectivity index (χ3n) is 17.1. The lowest BCUT2D eigenvalue weighted by Gasteiger charge is -2.32. The minimum atomic E-state index is -0.646. The number of benzene rings is 12. The average molecular weight is 1010 g/mol. The van der Waals surface area contributed by atoms with E-state index in [4.69, 9.17) is 0 Å². The van der Waals surface area contributed by atoms with E-state index in [1.807, 2.05) is 11.3 Å². The van der Waals surface area contributed by atoms with Crippen LogP contribution in [-0.4, -0.2) is 4.57 Å². The summed E-state index contributed by atoms with van der Waals surface area (Å²) >= 11 is 1.92. The second kappa shape index (κ2) is 17.2. The summed E-state index contributed by atoms with van der Waals surface area (Å²) in [4.78, 5) is 2.48. The zero-order valence-corrected chi connectivity index (χ0v) is 44.0. The van der Waals surface area contributed by atoms with E-state index >= 15 is 0 Å². The summed E-state index contributed by atoms with van der Waals surface area (Å²) < 4.78 is 5.16. The van der Waals surface area contributed by atoms with Crippen molar-refractivity contribution in [1.82, 2.24) is 4.57 Å². The minimum Gasteiger partial charge on any atom is -0.310 e. The zero-order chi connectivity index (χ0) is 51.6. The van der Waals surface area contributed by atoms with Crippen molar-refractivity contribution < 1.29 is 0 Å². The summed E-state index contributed by atoms with van der Waals surface area (Å²) in [7, 11) is 0. The van der Waals surface area contributed by atoms with Crippen LogP contribution in [0.2, 0.25) is 0 Å². The van der Waals surface area contributed by atoms with Gasteiger partial charge in [-0.2, -0.15) is 0 Å². The Kier molecular flexibility index (Phi) is 9.89. The molecule has 0 radical (unpaired) electrons. The van der Waals surface area contributed by atoms with Crippen molar-refractivity contribution in [2.75, 3.05) is 4.90 Å². The summed E-state index contributed by atoms with van der Waals surface area (Å²) in [5.41, 5.74) is 26.6. The number of aromatic nitrogens is 1. The maximum absolute atomic E-state index is 2.61. The van der Waals surface area contributed by atoms with Gasteiger partial charge >= 0.3 is 0 Å². The van der Waals surface area contributed by atoms with Gasteiger partial charge in [0.25, 0.3) is 0 Å². The lowest BCUT2D eigenvalue weighted by molar-refractivity contribution is 0.793. The Labute approximate surface area is 458 Å². The molecule has 3 heteroatoms. The SMILES string of the molecule is Cc1ccccc1-c1ccc(N(c2ccc(-c3ccccc3)cc2)c2ccc3c(c2)C2(c4ccccc4-c4ccccc42)c2cc(-n4c5ccccc5c5cc(-c6ccccc6)ccc54)c4sc5ccccc5c4c2-3)cc1C. The van der Waals surface area contributed by atoms with Gasteiger partial charge in [0.2, 0.25) is 0 Å². The Morgan fingerprint density at radius 3 is 1.60 bits per heavy atom. The lowest BCUT2D eigenvalue weighted by atomic mass is 9.70. The predicted octanol–water partition coefficient (Wildman–Crippen LogP) is 20.6. The molecule has 2 aliphatic carbocycles. The van der Waals surface area contributed by atoms with Crippen LogP contribution in [0.1, 0.15) is 33.4 Å².